The molecule has 0 aliphatic carbocycles. The summed E-state index contributed by atoms with van der Waals surface area (Å²) >= 11 is 5.89. The van der Waals surface area contributed by atoms with Crippen LogP contribution in [-0.4, -0.2) is 24.7 Å². The van der Waals surface area contributed by atoms with Crippen LogP contribution in [0.15, 0.2) is 76.9 Å². The highest BCUT2D eigenvalue weighted by Crippen LogP contribution is 2.18. The molecule has 0 amide bonds. The number of benzene rings is 2. The summed E-state index contributed by atoms with van der Waals surface area (Å²) in [6.45, 7) is 0.150. The van der Waals surface area contributed by atoms with E-state index in [1.54, 1.807) is 42.5 Å². The molecule has 0 aliphatic rings. The van der Waals surface area contributed by atoms with Gasteiger partial charge in [-0.2, -0.15) is 5.10 Å². The maximum atomic E-state index is 12.1. The van der Waals surface area contributed by atoms with Crippen LogP contribution in [-0.2, 0) is 16.6 Å². The fraction of sp³-hybridized carbons (Fsp3) is 0.100. The molecule has 3 rings (SSSR count). The second-order valence-electron chi connectivity index (χ2n) is 5.94. The molecule has 1 heterocycles. The molecule has 0 aliphatic heterocycles. The van der Waals surface area contributed by atoms with Crippen LogP contribution in [0.2, 0.25) is 5.02 Å². The van der Waals surface area contributed by atoms with Gasteiger partial charge >= 0.3 is 0 Å². The number of rotatable bonds is 7. The Kier molecular flexibility index (Phi) is 6.41. The highest BCUT2D eigenvalue weighted by molar-refractivity contribution is 7.92. The minimum atomic E-state index is -3.62. The molecule has 0 saturated heterocycles. The first kappa shape index (κ1) is 20.0. The minimum absolute atomic E-state index is 0.0401. The normalized spacial score (nSPS) is 11.8. The molecule has 0 fully saturated rings. The van der Waals surface area contributed by atoms with E-state index in [0.29, 0.717) is 10.7 Å². The summed E-state index contributed by atoms with van der Waals surface area (Å²) in [5, 5.41) is 6.00. The number of hydrogen-bond acceptors (Lipinski definition) is 4. The fourth-order valence-electron chi connectivity index (χ4n) is 2.46. The lowest BCUT2D eigenvalue weighted by atomic mass is 10.1. The molecule has 0 spiro atoms. The van der Waals surface area contributed by atoms with Crippen molar-refractivity contribution in [2.75, 3.05) is 6.54 Å². The van der Waals surface area contributed by atoms with Gasteiger partial charge in [0, 0.05) is 28.6 Å². The van der Waals surface area contributed by atoms with Crippen LogP contribution in [0, 0.1) is 0 Å². The summed E-state index contributed by atoms with van der Waals surface area (Å²) in [4.78, 5) is 12.0. The van der Waals surface area contributed by atoms with Crippen LogP contribution < -0.4 is 10.3 Å². The van der Waals surface area contributed by atoms with Gasteiger partial charge < -0.3 is 0 Å². The minimum Gasteiger partial charge on any atom is -0.268 e. The van der Waals surface area contributed by atoms with Gasteiger partial charge in [0.15, 0.2) is 0 Å². The summed E-state index contributed by atoms with van der Waals surface area (Å²) in [5.41, 5.74) is 1.88. The molecule has 0 bridgehead atoms. The van der Waals surface area contributed by atoms with Crippen LogP contribution in [0.4, 0.5) is 0 Å². The van der Waals surface area contributed by atoms with Crippen LogP contribution in [0.3, 0.4) is 0 Å². The Balaban J connectivity index is 1.65. The molecular formula is C20H18ClN3O3S. The summed E-state index contributed by atoms with van der Waals surface area (Å²) in [7, 11) is -3.62. The lowest BCUT2D eigenvalue weighted by molar-refractivity contribution is 0.554. The smallest absolute Gasteiger partial charge is 0.266 e. The topological polar surface area (TPSA) is 81.1 Å². The average Bonchev–Trinajstić information content (AvgIpc) is 2.69. The number of aromatic nitrogens is 2. The van der Waals surface area contributed by atoms with E-state index < -0.39 is 10.0 Å². The van der Waals surface area contributed by atoms with Crippen molar-refractivity contribution in [2.45, 2.75) is 6.54 Å². The Morgan fingerprint density at radius 1 is 1.00 bits per heavy atom. The third-order valence-corrected chi connectivity index (χ3v) is 5.23. The number of halogens is 1. The van der Waals surface area contributed by atoms with Gasteiger partial charge in [0.2, 0.25) is 10.0 Å². The lowest BCUT2D eigenvalue weighted by Gasteiger charge is -2.08. The van der Waals surface area contributed by atoms with Gasteiger partial charge in [0.25, 0.3) is 5.56 Å². The van der Waals surface area contributed by atoms with Crippen molar-refractivity contribution in [3.8, 4) is 11.3 Å². The van der Waals surface area contributed by atoms with E-state index in [1.165, 1.54) is 16.8 Å². The quantitative estimate of drug-likeness (QED) is 0.642. The summed E-state index contributed by atoms with van der Waals surface area (Å²) in [6, 6.07) is 19.2. The van der Waals surface area contributed by atoms with E-state index in [0.717, 1.165) is 16.5 Å². The van der Waals surface area contributed by atoms with E-state index in [9.17, 15) is 13.2 Å². The first-order chi connectivity index (χ1) is 13.4. The predicted molar refractivity (Wildman–Crippen MR) is 111 cm³/mol. The summed E-state index contributed by atoms with van der Waals surface area (Å²) in [6.07, 6.45) is 1.51. The monoisotopic (exact) mass is 415 g/mol. The number of nitrogens with one attached hydrogen (secondary N) is 1. The molecule has 0 atom stereocenters. The Hall–Kier alpha value is -2.74. The second kappa shape index (κ2) is 8.97. The molecule has 28 heavy (non-hydrogen) atoms. The third-order valence-electron chi connectivity index (χ3n) is 3.87. The van der Waals surface area contributed by atoms with Crippen molar-refractivity contribution in [1.82, 2.24) is 14.5 Å². The SMILES string of the molecule is O=c1ccc(-c2ccc(Cl)cc2)nn1CCNS(=O)(=O)/C=C/c1ccccc1. The van der Waals surface area contributed by atoms with Crippen molar-refractivity contribution >= 4 is 27.7 Å². The first-order valence-corrected chi connectivity index (χ1v) is 10.4. The molecule has 0 radical (unpaired) electrons. The third kappa shape index (κ3) is 5.63. The standard InChI is InChI=1S/C20H18ClN3O3S/c21-18-8-6-17(7-9-18)19-10-11-20(25)24(23-19)14-13-22-28(26,27)15-12-16-4-2-1-3-5-16/h1-12,15,22H,13-14H2/b15-12+. The van der Waals surface area contributed by atoms with Crippen LogP contribution in [0.5, 0.6) is 0 Å². The maximum absolute atomic E-state index is 12.1. The van der Waals surface area contributed by atoms with E-state index in [4.69, 9.17) is 11.6 Å². The molecule has 0 unspecified atom stereocenters. The van der Waals surface area contributed by atoms with Crippen LogP contribution in [0.25, 0.3) is 17.3 Å². The van der Waals surface area contributed by atoms with Gasteiger partial charge in [0.1, 0.15) is 0 Å². The van der Waals surface area contributed by atoms with Gasteiger partial charge in [-0.25, -0.2) is 17.8 Å². The Morgan fingerprint density at radius 3 is 2.43 bits per heavy atom. The second-order valence-corrected chi connectivity index (χ2v) is 8.03. The van der Waals surface area contributed by atoms with E-state index in [2.05, 4.69) is 9.82 Å². The van der Waals surface area contributed by atoms with Crippen molar-refractivity contribution in [2.24, 2.45) is 0 Å². The molecule has 8 heteroatoms. The maximum Gasteiger partial charge on any atom is 0.266 e. The largest absolute Gasteiger partial charge is 0.268 e. The molecule has 1 N–H and O–H groups in total. The predicted octanol–water partition coefficient (Wildman–Crippen LogP) is 3.15. The first-order valence-electron chi connectivity index (χ1n) is 8.50. The number of nitrogens with zero attached hydrogens (tertiary/aromatic N) is 2. The highest BCUT2D eigenvalue weighted by atomic mass is 35.5. The number of hydrogen-bond donors (Lipinski definition) is 1. The van der Waals surface area contributed by atoms with Crippen molar-refractivity contribution in [3.63, 3.8) is 0 Å². The molecule has 6 nitrogen and oxygen atoms in total. The zero-order valence-corrected chi connectivity index (χ0v) is 16.4. The number of sulfonamides is 1. The fourth-order valence-corrected chi connectivity index (χ4v) is 3.39. The van der Waals surface area contributed by atoms with Gasteiger partial charge in [-0.1, -0.05) is 54.1 Å². The highest BCUT2D eigenvalue weighted by Gasteiger charge is 2.07. The van der Waals surface area contributed by atoms with Crippen LogP contribution >= 0.6 is 11.6 Å². The van der Waals surface area contributed by atoms with Gasteiger partial charge in [0.05, 0.1) is 12.2 Å². The van der Waals surface area contributed by atoms with Crippen molar-refractivity contribution < 1.29 is 8.42 Å². The molecule has 144 valence electrons. The molecule has 0 saturated carbocycles. The van der Waals surface area contributed by atoms with Gasteiger partial charge in [-0.3, -0.25) is 4.79 Å². The summed E-state index contributed by atoms with van der Waals surface area (Å²) < 4.78 is 27.8. The van der Waals surface area contributed by atoms with Crippen molar-refractivity contribution in [3.05, 3.63) is 93.1 Å². The molecular weight excluding hydrogens is 398 g/mol. The molecule has 2 aromatic carbocycles. The van der Waals surface area contributed by atoms with Gasteiger partial charge in [-0.05, 0) is 29.8 Å². The van der Waals surface area contributed by atoms with Crippen molar-refractivity contribution in [1.29, 1.82) is 0 Å². The van der Waals surface area contributed by atoms with Gasteiger partial charge in [-0.15, -0.1) is 0 Å². The molecule has 3 aromatic rings. The molecule has 1 aromatic heterocycles. The Bertz CT molecular complexity index is 1130. The van der Waals surface area contributed by atoms with Crippen LogP contribution in [0.1, 0.15) is 5.56 Å². The summed E-state index contributed by atoms with van der Waals surface area (Å²) in [5.74, 6) is 0. The average molecular weight is 416 g/mol. The van der Waals surface area contributed by atoms with E-state index in [-0.39, 0.29) is 18.6 Å². The zero-order valence-electron chi connectivity index (χ0n) is 14.8. The zero-order chi connectivity index (χ0) is 20.0. The lowest BCUT2D eigenvalue weighted by Crippen LogP contribution is -2.31. The Labute approximate surface area is 168 Å². The van der Waals surface area contributed by atoms with E-state index >= 15 is 0 Å². The Morgan fingerprint density at radius 2 is 1.71 bits per heavy atom. The van der Waals surface area contributed by atoms with E-state index in [1.807, 2.05) is 18.2 Å².